The number of nitrogen functional groups attached to an aromatic ring is 1. The molecule has 0 unspecified atom stereocenters. The normalized spacial score (nSPS) is 13.1. The number of pyridine rings is 1. The molecule has 1 aliphatic rings. The van der Waals surface area contributed by atoms with Gasteiger partial charge < -0.3 is 10.5 Å². The molecule has 1 aliphatic carbocycles. The summed E-state index contributed by atoms with van der Waals surface area (Å²) < 4.78 is 5.81. The van der Waals surface area contributed by atoms with Gasteiger partial charge in [0.25, 0.3) is 0 Å². The molecule has 3 rings (SSSR count). The molecule has 0 bridgehead atoms. The van der Waals surface area contributed by atoms with Gasteiger partial charge in [0.15, 0.2) is 0 Å². The minimum atomic E-state index is 0.0225. The quantitative estimate of drug-likeness (QED) is 0.663. The molecule has 1 aromatic heterocycles. The van der Waals surface area contributed by atoms with Crippen molar-refractivity contribution in [2.75, 3.05) is 0 Å². The average Bonchev–Trinajstić information content (AvgIpc) is 2.85. The van der Waals surface area contributed by atoms with Gasteiger partial charge in [-0.25, -0.2) is 4.98 Å². The predicted octanol–water partition coefficient (Wildman–Crippen LogP) is 2.96. The fourth-order valence-corrected chi connectivity index (χ4v) is 2.58. The molecular formula is C16H17N3O. The van der Waals surface area contributed by atoms with Gasteiger partial charge in [-0.15, -0.1) is 0 Å². The average molecular weight is 267 g/mol. The van der Waals surface area contributed by atoms with Crippen LogP contribution < -0.4 is 10.5 Å². The highest BCUT2D eigenvalue weighted by atomic mass is 16.5. The maximum atomic E-state index is 7.50. The number of aryl methyl sites for hydroxylation is 3. The van der Waals surface area contributed by atoms with Gasteiger partial charge in [-0.3, -0.25) is 5.41 Å². The molecule has 4 heteroatoms. The number of nitrogens with one attached hydrogen (secondary N) is 1. The van der Waals surface area contributed by atoms with Crippen LogP contribution in [0.2, 0.25) is 0 Å². The fraction of sp³-hybridized carbons (Fsp3) is 0.250. The summed E-state index contributed by atoms with van der Waals surface area (Å²) >= 11 is 0. The first-order valence-corrected chi connectivity index (χ1v) is 6.74. The van der Waals surface area contributed by atoms with Gasteiger partial charge in [0.05, 0.1) is 0 Å². The topological polar surface area (TPSA) is 72.0 Å². The van der Waals surface area contributed by atoms with Crippen molar-refractivity contribution in [2.24, 2.45) is 5.73 Å². The van der Waals surface area contributed by atoms with Crippen LogP contribution in [0.1, 0.15) is 28.8 Å². The molecule has 0 aliphatic heterocycles. The standard InChI is InChI=1S/C16H17N3O/c1-10-7-13(16(17)18)9-15(19-10)20-14-6-5-11-3-2-4-12(11)8-14/h5-9H,2-4H2,1H3,(H3,17,18). The molecule has 0 fully saturated rings. The molecule has 20 heavy (non-hydrogen) atoms. The number of hydrogen-bond acceptors (Lipinski definition) is 3. The number of ether oxygens (including phenoxy) is 1. The van der Waals surface area contributed by atoms with Crippen LogP contribution in [-0.2, 0) is 12.8 Å². The largest absolute Gasteiger partial charge is 0.439 e. The minimum absolute atomic E-state index is 0.0225. The van der Waals surface area contributed by atoms with Crippen molar-refractivity contribution >= 4 is 5.84 Å². The Morgan fingerprint density at radius 3 is 2.80 bits per heavy atom. The van der Waals surface area contributed by atoms with Gasteiger partial charge in [0, 0.05) is 17.3 Å². The third-order valence-corrected chi connectivity index (χ3v) is 3.53. The number of amidine groups is 1. The van der Waals surface area contributed by atoms with Gasteiger partial charge in [-0.05, 0) is 55.5 Å². The SMILES string of the molecule is Cc1cc(C(=N)N)cc(Oc2ccc3c(c2)CCC3)n1. The van der Waals surface area contributed by atoms with Crippen LogP contribution in [0.15, 0.2) is 30.3 Å². The smallest absolute Gasteiger partial charge is 0.220 e. The highest BCUT2D eigenvalue weighted by Gasteiger charge is 2.12. The molecule has 4 nitrogen and oxygen atoms in total. The van der Waals surface area contributed by atoms with Gasteiger partial charge in [0.2, 0.25) is 5.88 Å². The Labute approximate surface area is 118 Å². The summed E-state index contributed by atoms with van der Waals surface area (Å²) in [7, 11) is 0. The number of rotatable bonds is 3. The molecule has 1 heterocycles. The van der Waals surface area contributed by atoms with Crippen molar-refractivity contribution < 1.29 is 4.74 Å². The van der Waals surface area contributed by atoms with E-state index in [1.165, 1.54) is 17.5 Å². The lowest BCUT2D eigenvalue weighted by Gasteiger charge is -2.09. The summed E-state index contributed by atoms with van der Waals surface area (Å²) in [5, 5.41) is 7.50. The Morgan fingerprint density at radius 2 is 2.00 bits per heavy atom. The van der Waals surface area contributed by atoms with Crippen LogP contribution >= 0.6 is 0 Å². The van der Waals surface area contributed by atoms with Crippen LogP contribution in [0.25, 0.3) is 0 Å². The molecule has 0 saturated heterocycles. The zero-order valence-electron chi connectivity index (χ0n) is 11.4. The molecule has 0 radical (unpaired) electrons. The van der Waals surface area contributed by atoms with Crippen molar-refractivity contribution in [3.63, 3.8) is 0 Å². The number of benzene rings is 1. The van der Waals surface area contributed by atoms with Crippen LogP contribution in [0, 0.1) is 12.3 Å². The second kappa shape index (κ2) is 4.96. The summed E-state index contributed by atoms with van der Waals surface area (Å²) in [6.07, 6.45) is 3.50. The zero-order chi connectivity index (χ0) is 14.1. The monoisotopic (exact) mass is 267 g/mol. The van der Waals surface area contributed by atoms with Crippen LogP contribution in [-0.4, -0.2) is 10.8 Å². The van der Waals surface area contributed by atoms with Crippen LogP contribution in [0.5, 0.6) is 11.6 Å². The highest BCUT2D eigenvalue weighted by molar-refractivity contribution is 5.95. The van der Waals surface area contributed by atoms with Crippen molar-refractivity contribution in [1.82, 2.24) is 4.98 Å². The van der Waals surface area contributed by atoms with Crippen LogP contribution in [0.3, 0.4) is 0 Å². The molecule has 0 saturated carbocycles. The first-order valence-electron chi connectivity index (χ1n) is 6.74. The third kappa shape index (κ3) is 2.50. The van der Waals surface area contributed by atoms with Gasteiger partial charge in [-0.2, -0.15) is 0 Å². The molecule has 2 aromatic rings. The van der Waals surface area contributed by atoms with Crippen molar-refractivity contribution in [3.8, 4) is 11.6 Å². The summed E-state index contributed by atoms with van der Waals surface area (Å²) in [5.74, 6) is 1.29. The van der Waals surface area contributed by atoms with E-state index in [1.54, 1.807) is 12.1 Å². The summed E-state index contributed by atoms with van der Waals surface area (Å²) in [5.41, 5.74) is 9.72. The Morgan fingerprint density at radius 1 is 1.20 bits per heavy atom. The van der Waals surface area contributed by atoms with Gasteiger partial charge in [0.1, 0.15) is 11.6 Å². The zero-order valence-corrected chi connectivity index (χ0v) is 11.4. The molecule has 1 aromatic carbocycles. The van der Waals surface area contributed by atoms with E-state index in [4.69, 9.17) is 15.9 Å². The summed E-state index contributed by atoms with van der Waals surface area (Å²) in [6.45, 7) is 1.86. The predicted molar refractivity (Wildman–Crippen MR) is 78.5 cm³/mol. The lowest BCUT2D eigenvalue weighted by molar-refractivity contribution is 0.461. The van der Waals surface area contributed by atoms with E-state index in [-0.39, 0.29) is 5.84 Å². The Bertz CT molecular complexity index is 679. The van der Waals surface area contributed by atoms with Crippen molar-refractivity contribution in [1.29, 1.82) is 5.41 Å². The van der Waals surface area contributed by atoms with Gasteiger partial charge >= 0.3 is 0 Å². The molecule has 0 spiro atoms. The second-order valence-corrected chi connectivity index (χ2v) is 5.14. The lowest BCUT2D eigenvalue weighted by atomic mass is 10.1. The summed E-state index contributed by atoms with van der Waals surface area (Å²) in [4.78, 5) is 4.33. The van der Waals surface area contributed by atoms with E-state index in [2.05, 4.69) is 17.1 Å². The van der Waals surface area contributed by atoms with E-state index in [1.807, 2.05) is 13.0 Å². The first kappa shape index (κ1) is 12.7. The first-order chi connectivity index (χ1) is 9.61. The van der Waals surface area contributed by atoms with Gasteiger partial charge in [-0.1, -0.05) is 6.07 Å². The third-order valence-electron chi connectivity index (χ3n) is 3.53. The Kier molecular flexibility index (Phi) is 3.14. The lowest BCUT2D eigenvalue weighted by Crippen LogP contribution is -2.11. The molecule has 0 atom stereocenters. The van der Waals surface area contributed by atoms with Crippen molar-refractivity contribution in [3.05, 3.63) is 52.7 Å². The van der Waals surface area contributed by atoms with E-state index >= 15 is 0 Å². The summed E-state index contributed by atoms with van der Waals surface area (Å²) in [6, 6.07) is 9.65. The second-order valence-electron chi connectivity index (χ2n) is 5.14. The number of nitrogens with two attached hydrogens (primary N) is 1. The highest BCUT2D eigenvalue weighted by Crippen LogP contribution is 2.28. The number of aromatic nitrogens is 1. The number of fused-ring (bicyclic) bond motifs is 1. The molecule has 102 valence electrons. The van der Waals surface area contributed by atoms with Crippen LogP contribution in [0.4, 0.5) is 0 Å². The Balaban J connectivity index is 1.89. The molecule has 3 N–H and O–H groups in total. The number of nitrogens with zero attached hydrogens (tertiary/aromatic N) is 1. The van der Waals surface area contributed by atoms with Crippen molar-refractivity contribution in [2.45, 2.75) is 26.2 Å². The fourth-order valence-electron chi connectivity index (χ4n) is 2.58. The maximum Gasteiger partial charge on any atom is 0.220 e. The number of hydrogen-bond donors (Lipinski definition) is 2. The maximum absolute atomic E-state index is 7.50. The van der Waals surface area contributed by atoms with E-state index in [9.17, 15) is 0 Å². The van der Waals surface area contributed by atoms with E-state index < -0.39 is 0 Å². The minimum Gasteiger partial charge on any atom is -0.439 e. The van der Waals surface area contributed by atoms with E-state index in [0.29, 0.717) is 11.4 Å². The molecular weight excluding hydrogens is 250 g/mol. The Hall–Kier alpha value is -2.36. The molecule has 0 amide bonds. The van der Waals surface area contributed by atoms with E-state index in [0.717, 1.165) is 24.3 Å².